The van der Waals surface area contributed by atoms with Gasteiger partial charge in [-0.3, -0.25) is 9.48 Å². The third-order valence-corrected chi connectivity index (χ3v) is 1.99. The first-order chi connectivity index (χ1) is 5.59. The molecule has 1 aromatic heterocycles. The van der Waals surface area contributed by atoms with E-state index in [4.69, 9.17) is 0 Å². The van der Waals surface area contributed by atoms with Crippen molar-refractivity contribution in [2.24, 2.45) is 13.0 Å². The van der Waals surface area contributed by atoms with Gasteiger partial charge in [-0.1, -0.05) is 6.92 Å². The maximum absolute atomic E-state index is 10.9. The average Bonchev–Trinajstić information content (AvgIpc) is 2.35. The SMILES string of the molecule is CC(=O)C(C)Cc1cnn(C)c1. The van der Waals surface area contributed by atoms with E-state index in [1.165, 1.54) is 0 Å². The van der Waals surface area contributed by atoms with Gasteiger partial charge in [-0.2, -0.15) is 5.10 Å². The first-order valence-electron chi connectivity index (χ1n) is 4.07. The number of carbonyl (C=O) groups excluding carboxylic acids is 1. The zero-order valence-electron chi connectivity index (χ0n) is 7.74. The number of nitrogens with zero attached hydrogens (tertiary/aromatic N) is 2. The van der Waals surface area contributed by atoms with Crippen LogP contribution in [-0.2, 0) is 18.3 Å². The molecule has 0 aromatic carbocycles. The van der Waals surface area contributed by atoms with E-state index in [-0.39, 0.29) is 11.7 Å². The van der Waals surface area contributed by atoms with E-state index in [9.17, 15) is 4.79 Å². The van der Waals surface area contributed by atoms with Crippen LogP contribution in [0.4, 0.5) is 0 Å². The summed E-state index contributed by atoms with van der Waals surface area (Å²) in [7, 11) is 1.88. The number of hydrogen-bond acceptors (Lipinski definition) is 2. The Morgan fingerprint density at radius 2 is 2.42 bits per heavy atom. The maximum Gasteiger partial charge on any atom is 0.132 e. The minimum atomic E-state index is 0.106. The standard InChI is InChI=1S/C9H14N2O/c1-7(8(2)12)4-9-5-10-11(3)6-9/h5-7H,4H2,1-3H3. The summed E-state index contributed by atoms with van der Waals surface area (Å²) in [4.78, 5) is 10.9. The van der Waals surface area contributed by atoms with E-state index in [0.717, 1.165) is 12.0 Å². The molecule has 1 unspecified atom stereocenters. The van der Waals surface area contributed by atoms with E-state index in [1.807, 2.05) is 20.2 Å². The monoisotopic (exact) mass is 166 g/mol. The van der Waals surface area contributed by atoms with Crippen LogP contribution in [0.25, 0.3) is 0 Å². The number of aromatic nitrogens is 2. The summed E-state index contributed by atoms with van der Waals surface area (Å²) in [6, 6.07) is 0. The van der Waals surface area contributed by atoms with Crippen LogP contribution >= 0.6 is 0 Å². The predicted molar refractivity (Wildman–Crippen MR) is 46.8 cm³/mol. The van der Waals surface area contributed by atoms with E-state index in [2.05, 4.69) is 5.10 Å². The van der Waals surface area contributed by atoms with Crippen molar-refractivity contribution in [3.8, 4) is 0 Å². The quantitative estimate of drug-likeness (QED) is 0.676. The molecule has 66 valence electrons. The molecular weight excluding hydrogens is 152 g/mol. The normalized spacial score (nSPS) is 12.9. The molecule has 0 aliphatic carbocycles. The van der Waals surface area contributed by atoms with Crippen LogP contribution in [0.1, 0.15) is 19.4 Å². The fourth-order valence-corrected chi connectivity index (χ4v) is 1.07. The van der Waals surface area contributed by atoms with Crippen LogP contribution in [0.2, 0.25) is 0 Å². The molecule has 0 saturated heterocycles. The highest BCUT2D eigenvalue weighted by Crippen LogP contribution is 2.07. The van der Waals surface area contributed by atoms with E-state index < -0.39 is 0 Å². The molecule has 1 heterocycles. The summed E-state index contributed by atoms with van der Waals surface area (Å²) in [5.74, 6) is 0.341. The van der Waals surface area contributed by atoms with Crippen LogP contribution in [0, 0.1) is 5.92 Å². The van der Waals surface area contributed by atoms with Crippen LogP contribution < -0.4 is 0 Å². The van der Waals surface area contributed by atoms with Crippen molar-refractivity contribution in [2.75, 3.05) is 0 Å². The molecule has 3 nitrogen and oxygen atoms in total. The molecule has 0 fully saturated rings. The van der Waals surface area contributed by atoms with Gasteiger partial charge in [-0.25, -0.2) is 0 Å². The van der Waals surface area contributed by atoms with Gasteiger partial charge in [0.2, 0.25) is 0 Å². The second kappa shape index (κ2) is 3.52. The molecule has 0 saturated carbocycles. The minimum absolute atomic E-state index is 0.106. The first kappa shape index (κ1) is 8.97. The molecule has 3 heteroatoms. The third-order valence-electron chi connectivity index (χ3n) is 1.99. The zero-order chi connectivity index (χ0) is 9.14. The molecule has 0 N–H and O–H groups in total. The van der Waals surface area contributed by atoms with Crippen LogP contribution in [0.15, 0.2) is 12.4 Å². The molecule has 12 heavy (non-hydrogen) atoms. The van der Waals surface area contributed by atoms with Crippen molar-refractivity contribution in [3.63, 3.8) is 0 Å². The Hall–Kier alpha value is -1.12. The van der Waals surface area contributed by atoms with Gasteiger partial charge in [0.25, 0.3) is 0 Å². The molecule has 1 aromatic rings. The summed E-state index contributed by atoms with van der Waals surface area (Å²) in [5.41, 5.74) is 1.13. The minimum Gasteiger partial charge on any atom is -0.300 e. The number of carbonyl (C=O) groups is 1. The Labute approximate surface area is 72.4 Å². The zero-order valence-corrected chi connectivity index (χ0v) is 7.74. The lowest BCUT2D eigenvalue weighted by Crippen LogP contribution is -2.08. The van der Waals surface area contributed by atoms with Gasteiger partial charge in [0.15, 0.2) is 0 Å². The van der Waals surface area contributed by atoms with E-state index in [1.54, 1.807) is 17.8 Å². The van der Waals surface area contributed by atoms with Crippen molar-refractivity contribution < 1.29 is 4.79 Å². The summed E-state index contributed by atoms with van der Waals surface area (Å²) >= 11 is 0. The van der Waals surface area contributed by atoms with E-state index >= 15 is 0 Å². The summed E-state index contributed by atoms with van der Waals surface area (Å²) < 4.78 is 1.75. The third kappa shape index (κ3) is 2.19. The van der Waals surface area contributed by atoms with Crippen LogP contribution in [0.3, 0.4) is 0 Å². The largest absolute Gasteiger partial charge is 0.300 e. The molecule has 0 aliphatic heterocycles. The second-order valence-corrected chi connectivity index (χ2v) is 3.24. The number of ketones is 1. The molecule has 0 radical (unpaired) electrons. The molecule has 1 rings (SSSR count). The Balaban J connectivity index is 2.58. The van der Waals surface area contributed by atoms with Gasteiger partial charge in [0, 0.05) is 19.2 Å². The van der Waals surface area contributed by atoms with Crippen molar-refractivity contribution in [3.05, 3.63) is 18.0 Å². The van der Waals surface area contributed by atoms with Gasteiger partial charge < -0.3 is 0 Å². The Morgan fingerprint density at radius 1 is 1.75 bits per heavy atom. The lowest BCUT2D eigenvalue weighted by Gasteiger charge is -2.03. The number of hydrogen-bond donors (Lipinski definition) is 0. The average molecular weight is 166 g/mol. The Morgan fingerprint density at radius 3 is 2.83 bits per heavy atom. The van der Waals surface area contributed by atoms with Crippen molar-refractivity contribution in [1.29, 1.82) is 0 Å². The Bertz CT molecular complexity index is 278. The molecule has 0 bridgehead atoms. The van der Waals surface area contributed by atoms with E-state index in [0.29, 0.717) is 0 Å². The highest BCUT2D eigenvalue weighted by atomic mass is 16.1. The first-order valence-corrected chi connectivity index (χ1v) is 4.07. The van der Waals surface area contributed by atoms with Gasteiger partial charge in [0.1, 0.15) is 5.78 Å². The summed E-state index contributed by atoms with van der Waals surface area (Å²) in [6.45, 7) is 3.57. The van der Waals surface area contributed by atoms with Crippen molar-refractivity contribution >= 4 is 5.78 Å². The molecule has 0 spiro atoms. The lowest BCUT2D eigenvalue weighted by atomic mass is 10.0. The summed E-state index contributed by atoms with van der Waals surface area (Å²) in [6.07, 6.45) is 4.54. The molecular formula is C9H14N2O. The van der Waals surface area contributed by atoms with Crippen LogP contribution in [-0.4, -0.2) is 15.6 Å². The number of Topliss-reactive ketones (excluding diaryl/α,β-unsaturated/α-hetero) is 1. The van der Waals surface area contributed by atoms with Crippen LogP contribution in [0.5, 0.6) is 0 Å². The Kier molecular flexibility index (Phi) is 2.63. The fourth-order valence-electron chi connectivity index (χ4n) is 1.07. The van der Waals surface area contributed by atoms with Gasteiger partial charge in [-0.15, -0.1) is 0 Å². The smallest absolute Gasteiger partial charge is 0.132 e. The molecule has 0 aliphatic rings. The van der Waals surface area contributed by atoms with Gasteiger partial charge in [-0.05, 0) is 18.9 Å². The van der Waals surface area contributed by atoms with Gasteiger partial charge in [0.05, 0.1) is 6.20 Å². The van der Waals surface area contributed by atoms with Crippen molar-refractivity contribution in [1.82, 2.24) is 9.78 Å². The highest BCUT2D eigenvalue weighted by Gasteiger charge is 2.08. The number of aryl methyl sites for hydroxylation is 1. The topological polar surface area (TPSA) is 34.9 Å². The van der Waals surface area contributed by atoms with Crippen molar-refractivity contribution in [2.45, 2.75) is 20.3 Å². The lowest BCUT2D eigenvalue weighted by molar-refractivity contribution is -0.120. The fraction of sp³-hybridized carbons (Fsp3) is 0.556. The predicted octanol–water partition coefficient (Wildman–Crippen LogP) is 1.19. The second-order valence-electron chi connectivity index (χ2n) is 3.24. The molecule has 0 amide bonds. The van der Waals surface area contributed by atoms with Gasteiger partial charge >= 0.3 is 0 Å². The molecule has 1 atom stereocenters. The number of rotatable bonds is 3. The highest BCUT2D eigenvalue weighted by molar-refractivity contribution is 5.78. The summed E-state index contributed by atoms with van der Waals surface area (Å²) in [5, 5.41) is 4.03. The maximum atomic E-state index is 10.9.